The van der Waals surface area contributed by atoms with Gasteiger partial charge in [0.25, 0.3) is 0 Å². The molecule has 1 atom stereocenters. The van der Waals surface area contributed by atoms with Crippen molar-refractivity contribution in [3.8, 4) is 0 Å². The van der Waals surface area contributed by atoms with Crippen LogP contribution in [0.25, 0.3) is 0 Å². The Bertz CT molecular complexity index is 622. The lowest BCUT2D eigenvalue weighted by atomic mass is 10.0. The standard InChI is InChI=1S/C30H58N2O5/c1-29(2,3)36-27(34)23-18-16-14-12-10-8-7-9-11-13-15-17-22-26(33)32-25(21-19-20-24-31)28(35)37-30(4,5)6/h25H,7-24,31H2,1-6H3,(H,32,33)/t25-/m0/s1. The lowest BCUT2D eigenvalue weighted by molar-refractivity contribution is -0.159. The van der Waals surface area contributed by atoms with Gasteiger partial charge in [-0.05, 0) is 80.2 Å². The van der Waals surface area contributed by atoms with Crippen molar-refractivity contribution in [2.75, 3.05) is 6.54 Å². The Balaban J connectivity index is 3.75. The zero-order chi connectivity index (χ0) is 28.2. The summed E-state index contributed by atoms with van der Waals surface area (Å²) in [5.74, 6) is -0.523. The first kappa shape index (κ1) is 35.4. The maximum atomic E-state index is 12.5. The molecule has 0 aliphatic carbocycles. The van der Waals surface area contributed by atoms with Crippen LogP contribution >= 0.6 is 0 Å². The number of hydrogen-bond donors (Lipinski definition) is 2. The average molecular weight is 527 g/mol. The fraction of sp³-hybridized carbons (Fsp3) is 0.900. The highest BCUT2D eigenvalue weighted by Gasteiger charge is 2.26. The second-order valence-corrected chi connectivity index (χ2v) is 12.3. The number of esters is 2. The third kappa shape index (κ3) is 24.5. The highest BCUT2D eigenvalue weighted by Crippen LogP contribution is 2.15. The number of rotatable bonds is 21. The van der Waals surface area contributed by atoms with Crippen molar-refractivity contribution in [2.24, 2.45) is 5.73 Å². The van der Waals surface area contributed by atoms with Gasteiger partial charge in [-0.15, -0.1) is 0 Å². The summed E-state index contributed by atoms with van der Waals surface area (Å²) in [6, 6.07) is -0.594. The van der Waals surface area contributed by atoms with Crippen molar-refractivity contribution in [3.05, 3.63) is 0 Å². The summed E-state index contributed by atoms with van der Waals surface area (Å²) >= 11 is 0. The van der Waals surface area contributed by atoms with E-state index in [0.29, 0.717) is 25.8 Å². The van der Waals surface area contributed by atoms with Crippen molar-refractivity contribution in [1.29, 1.82) is 0 Å². The van der Waals surface area contributed by atoms with Crippen molar-refractivity contribution in [1.82, 2.24) is 5.32 Å². The van der Waals surface area contributed by atoms with E-state index in [-0.39, 0.29) is 23.4 Å². The molecule has 0 bridgehead atoms. The quantitative estimate of drug-likeness (QED) is 0.127. The molecule has 0 aromatic rings. The van der Waals surface area contributed by atoms with Gasteiger partial charge in [-0.3, -0.25) is 9.59 Å². The molecule has 0 rings (SSSR count). The molecule has 0 aromatic heterocycles. The number of carbonyl (C=O) groups excluding carboxylic acids is 3. The average Bonchev–Trinajstić information content (AvgIpc) is 2.76. The topological polar surface area (TPSA) is 108 Å². The van der Waals surface area contributed by atoms with Crippen LogP contribution in [0.1, 0.15) is 151 Å². The highest BCUT2D eigenvalue weighted by atomic mass is 16.6. The molecular weight excluding hydrogens is 468 g/mol. The number of hydrogen-bond acceptors (Lipinski definition) is 6. The Morgan fingerprint density at radius 1 is 0.622 bits per heavy atom. The molecule has 3 N–H and O–H groups in total. The van der Waals surface area contributed by atoms with Crippen LogP contribution in [0.5, 0.6) is 0 Å². The number of nitrogens with two attached hydrogens (primary N) is 1. The molecule has 0 aromatic carbocycles. The predicted octanol–water partition coefficient (Wildman–Crippen LogP) is 6.75. The second-order valence-electron chi connectivity index (χ2n) is 12.3. The van der Waals surface area contributed by atoms with Gasteiger partial charge in [0.05, 0.1) is 0 Å². The van der Waals surface area contributed by atoms with Crippen LogP contribution in [0.3, 0.4) is 0 Å². The van der Waals surface area contributed by atoms with E-state index < -0.39 is 11.6 Å². The molecule has 0 spiro atoms. The van der Waals surface area contributed by atoms with Gasteiger partial charge in [-0.25, -0.2) is 4.79 Å². The van der Waals surface area contributed by atoms with E-state index in [0.717, 1.165) is 44.9 Å². The number of nitrogens with one attached hydrogen (secondary N) is 1. The molecular formula is C30H58N2O5. The third-order valence-electron chi connectivity index (χ3n) is 5.93. The lowest BCUT2D eigenvalue weighted by Gasteiger charge is -2.24. The summed E-state index contributed by atoms with van der Waals surface area (Å²) in [4.78, 5) is 36.5. The molecule has 0 fully saturated rings. The van der Waals surface area contributed by atoms with Crippen LogP contribution < -0.4 is 11.1 Å². The minimum atomic E-state index is -0.594. The minimum absolute atomic E-state index is 0.0743. The fourth-order valence-corrected chi connectivity index (χ4v) is 4.10. The third-order valence-corrected chi connectivity index (χ3v) is 5.93. The maximum Gasteiger partial charge on any atom is 0.329 e. The van der Waals surface area contributed by atoms with Gasteiger partial charge >= 0.3 is 11.9 Å². The van der Waals surface area contributed by atoms with Gasteiger partial charge in [0, 0.05) is 12.8 Å². The molecule has 0 aliphatic rings. The Kier molecular flexibility index (Phi) is 19.5. The van der Waals surface area contributed by atoms with Crippen molar-refractivity contribution in [3.63, 3.8) is 0 Å². The molecule has 0 saturated carbocycles. The minimum Gasteiger partial charge on any atom is -0.460 e. The summed E-state index contributed by atoms with van der Waals surface area (Å²) in [7, 11) is 0. The van der Waals surface area contributed by atoms with Gasteiger partial charge in [-0.2, -0.15) is 0 Å². The van der Waals surface area contributed by atoms with E-state index >= 15 is 0 Å². The molecule has 7 heteroatoms. The SMILES string of the molecule is CC(C)(C)OC(=O)CCCCCCCCCCCCCCC(=O)N[C@@H](CCCCN)C(=O)OC(C)(C)C. The van der Waals surface area contributed by atoms with Crippen molar-refractivity contribution in [2.45, 2.75) is 168 Å². The lowest BCUT2D eigenvalue weighted by Crippen LogP contribution is -2.44. The number of unbranched alkanes of at least 4 members (excludes halogenated alkanes) is 12. The Hall–Kier alpha value is -1.63. The Morgan fingerprint density at radius 2 is 1.05 bits per heavy atom. The van der Waals surface area contributed by atoms with Gasteiger partial charge < -0.3 is 20.5 Å². The van der Waals surface area contributed by atoms with E-state index in [1.54, 1.807) is 0 Å². The summed E-state index contributed by atoms with van der Waals surface area (Å²) < 4.78 is 10.8. The number of carbonyl (C=O) groups is 3. The molecule has 0 radical (unpaired) electrons. The molecule has 0 aliphatic heterocycles. The van der Waals surface area contributed by atoms with Gasteiger partial charge in [0.1, 0.15) is 17.2 Å². The van der Waals surface area contributed by atoms with Gasteiger partial charge in [0.15, 0.2) is 0 Å². The molecule has 0 saturated heterocycles. The second kappa shape index (κ2) is 20.3. The molecule has 0 unspecified atom stereocenters. The monoisotopic (exact) mass is 526 g/mol. The van der Waals surface area contributed by atoms with E-state index in [1.165, 1.54) is 44.9 Å². The maximum absolute atomic E-state index is 12.5. The molecule has 37 heavy (non-hydrogen) atoms. The summed E-state index contributed by atoms with van der Waals surface area (Å²) in [6.07, 6.45) is 16.8. The molecule has 0 heterocycles. The van der Waals surface area contributed by atoms with Crippen LogP contribution in [-0.4, -0.2) is 41.6 Å². The van der Waals surface area contributed by atoms with Crippen LogP contribution in [0.2, 0.25) is 0 Å². The summed E-state index contributed by atoms with van der Waals surface area (Å²) in [6.45, 7) is 11.8. The smallest absolute Gasteiger partial charge is 0.329 e. The van der Waals surface area contributed by atoms with Crippen LogP contribution in [0.4, 0.5) is 0 Å². The van der Waals surface area contributed by atoms with E-state index in [9.17, 15) is 14.4 Å². The predicted molar refractivity (Wildman–Crippen MR) is 151 cm³/mol. The Morgan fingerprint density at radius 3 is 1.49 bits per heavy atom. The molecule has 7 nitrogen and oxygen atoms in total. The normalized spacial score (nSPS) is 12.7. The van der Waals surface area contributed by atoms with E-state index in [2.05, 4.69) is 5.32 Å². The van der Waals surface area contributed by atoms with Crippen molar-refractivity contribution >= 4 is 17.8 Å². The Labute approximate surface area is 227 Å². The first-order valence-electron chi connectivity index (χ1n) is 14.8. The van der Waals surface area contributed by atoms with E-state index in [4.69, 9.17) is 15.2 Å². The fourth-order valence-electron chi connectivity index (χ4n) is 4.10. The first-order valence-corrected chi connectivity index (χ1v) is 14.8. The van der Waals surface area contributed by atoms with E-state index in [1.807, 2.05) is 41.5 Å². The van der Waals surface area contributed by atoms with Crippen LogP contribution in [0.15, 0.2) is 0 Å². The zero-order valence-electron chi connectivity index (χ0n) is 24.9. The van der Waals surface area contributed by atoms with Gasteiger partial charge in [-0.1, -0.05) is 64.2 Å². The first-order chi connectivity index (χ1) is 17.3. The largest absolute Gasteiger partial charge is 0.460 e. The summed E-state index contributed by atoms with van der Waals surface area (Å²) in [5, 5.41) is 2.88. The summed E-state index contributed by atoms with van der Waals surface area (Å²) in [5.41, 5.74) is 4.60. The van der Waals surface area contributed by atoms with Crippen molar-refractivity contribution < 1.29 is 23.9 Å². The number of amides is 1. The van der Waals surface area contributed by atoms with Gasteiger partial charge in [0.2, 0.25) is 5.91 Å². The zero-order valence-corrected chi connectivity index (χ0v) is 24.9. The number of ether oxygens (including phenoxy) is 2. The molecule has 218 valence electrons. The molecule has 1 amide bonds. The van der Waals surface area contributed by atoms with Crippen LogP contribution in [0, 0.1) is 0 Å². The highest BCUT2D eigenvalue weighted by molar-refractivity contribution is 5.84. The van der Waals surface area contributed by atoms with Crippen LogP contribution in [-0.2, 0) is 23.9 Å².